The van der Waals surface area contributed by atoms with Crippen LogP contribution in [0.2, 0.25) is 0 Å². The summed E-state index contributed by atoms with van der Waals surface area (Å²) in [6.45, 7) is 3.11. The summed E-state index contributed by atoms with van der Waals surface area (Å²) in [6.07, 6.45) is -0.229. The van der Waals surface area contributed by atoms with Gasteiger partial charge in [-0.25, -0.2) is 4.79 Å². The smallest absolute Gasteiger partial charge is 0.409 e. The molecule has 1 aliphatic heterocycles. The number of pyridine rings is 1. The topological polar surface area (TPSA) is 152 Å². The van der Waals surface area contributed by atoms with Gasteiger partial charge in [0, 0.05) is 38.0 Å². The van der Waals surface area contributed by atoms with E-state index in [9.17, 15) is 19.2 Å². The average molecular weight is 487 g/mol. The lowest BCUT2D eigenvalue weighted by atomic mass is 9.91. The zero-order chi connectivity index (χ0) is 25.5. The number of fused-ring (bicyclic) bond motifs is 1. The fourth-order valence-electron chi connectivity index (χ4n) is 4.28. The van der Waals surface area contributed by atoms with Crippen LogP contribution in [0.5, 0.6) is 5.75 Å². The third-order valence-corrected chi connectivity index (χ3v) is 5.95. The van der Waals surface area contributed by atoms with Crippen LogP contribution in [-0.4, -0.2) is 83.7 Å². The maximum atomic E-state index is 13.7. The fourth-order valence-corrected chi connectivity index (χ4v) is 4.28. The van der Waals surface area contributed by atoms with Gasteiger partial charge in [0.25, 0.3) is 5.91 Å². The Morgan fingerprint density at radius 2 is 1.77 bits per heavy atom. The molecule has 0 bridgehead atoms. The van der Waals surface area contributed by atoms with E-state index in [1.54, 1.807) is 36.1 Å². The van der Waals surface area contributed by atoms with Gasteiger partial charge in [0.2, 0.25) is 5.91 Å². The molecule has 1 unspecified atom stereocenters. The maximum Gasteiger partial charge on any atom is 0.409 e. The third-order valence-electron chi connectivity index (χ3n) is 5.95. The van der Waals surface area contributed by atoms with Crippen molar-refractivity contribution in [2.24, 2.45) is 5.73 Å². The highest BCUT2D eigenvalue weighted by molar-refractivity contribution is 6.04. The highest BCUT2D eigenvalue weighted by Gasteiger charge is 2.35. The normalized spacial score (nSPS) is 14.5. The summed E-state index contributed by atoms with van der Waals surface area (Å²) in [6, 6.07) is 7.03. The number of carboxylic acid groups (broad SMARTS) is 1. The summed E-state index contributed by atoms with van der Waals surface area (Å²) in [4.78, 5) is 57.1. The predicted molar refractivity (Wildman–Crippen MR) is 126 cm³/mol. The molecule has 3 amide bonds. The number of methoxy groups -OCH3 is 1. The Morgan fingerprint density at radius 1 is 1.11 bits per heavy atom. The van der Waals surface area contributed by atoms with E-state index < -0.39 is 23.9 Å². The molecular weight excluding hydrogens is 456 g/mol. The Bertz CT molecular complexity index is 1110. The number of carbonyl (C=O) groups is 4. The quantitative estimate of drug-likeness (QED) is 0.546. The SMILES string of the molecule is CCOC(=O)N1CCN(C(=O)C(CCCC(=O)O)c2nc3ccccc3c(OC)c2C(N)=O)CC1. The first-order chi connectivity index (χ1) is 16.8. The number of piperazine rings is 1. The molecule has 2 heterocycles. The number of benzene rings is 1. The molecule has 1 fully saturated rings. The molecule has 1 aromatic carbocycles. The number of nitrogens with zero attached hydrogens (tertiary/aromatic N) is 3. The molecule has 2 aromatic rings. The third kappa shape index (κ3) is 5.79. The Kier molecular flexibility index (Phi) is 8.45. The number of primary amides is 1. The second-order valence-electron chi connectivity index (χ2n) is 8.14. The lowest BCUT2D eigenvalue weighted by Gasteiger charge is -2.36. The Balaban J connectivity index is 1.99. The molecule has 0 spiro atoms. The van der Waals surface area contributed by atoms with Crippen LogP contribution >= 0.6 is 0 Å². The van der Waals surface area contributed by atoms with Crippen molar-refractivity contribution >= 4 is 34.8 Å². The number of hydrogen-bond donors (Lipinski definition) is 2. The largest absolute Gasteiger partial charge is 0.495 e. The van der Waals surface area contributed by atoms with E-state index >= 15 is 0 Å². The van der Waals surface area contributed by atoms with Crippen LogP contribution < -0.4 is 10.5 Å². The number of hydrogen-bond acceptors (Lipinski definition) is 7. The number of nitrogens with two attached hydrogens (primary N) is 1. The molecule has 35 heavy (non-hydrogen) atoms. The van der Waals surface area contributed by atoms with Crippen LogP contribution in [0.3, 0.4) is 0 Å². The zero-order valence-electron chi connectivity index (χ0n) is 19.9. The molecule has 3 N–H and O–H groups in total. The Labute approximate surface area is 202 Å². The number of para-hydroxylation sites is 1. The van der Waals surface area contributed by atoms with Gasteiger partial charge in [-0.1, -0.05) is 12.1 Å². The van der Waals surface area contributed by atoms with E-state index in [1.165, 1.54) is 12.0 Å². The van der Waals surface area contributed by atoms with Gasteiger partial charge in [-0.3, -0.25) is 19.4 Å². The molecule has 11 nitrogen and oxygen atoms in total. The number of aliphatic carboxylic acids is 1. The average Bonchev–Trinajstić information content (AvgIpc) is 2.85. The van der Waals surface area contributed by atoms with Gasteiger partial charge in [-0.2, -0.15) is 0 Å². The van der Waals surface area contributed by atoms with Crippen LogP contribution in [0.1, 0.15) is 48.2 Å². The van der Waals surface area contributed by atoms with Crippen molar-refractivity contribution in [3.63, 3.8) is 0 Å². The van der Waals surface area contributed by atoms with E-state index in [0.717, 1.165) is 0 Å². The molecule has 11 heteroatoms. The molecular formula is C24H30N4O7. The van der Waals surface area contributed by atoms with Crippen LogP contribution in [-0.2, 0) is 14.3 Å². The van der Waals surface area contributed by atoms with E-state index in [0.29, 0.717) is 24.0 Å². The van der Waals surface area contributed by atoms with Gasteiger partial charge >= 0.3 is 12.1 Å². The van der Waals surface area contributed by atoms with Crippen molar-refractivity contribution in [2.75, 3.05) is 39.9 Å². The van der Waals surface area contributed by atoms with E-state index in [2.05, 4.69) is 4.98 Å². The molecule has 1 atom stereocenters. The lowest BCUT2D eigenvalue weighted by molar-refractivity contribution is -0.138. The van der Waals surface area contributed by atoms with Gasteiger partial charge in [-0.15, -0.1) is 0 Å². The number of carboxylic acids is 1. The van der Waals surface area contributed by atoms with Crippen LogP contribution in [0.15, 0.2) is 24.3 Å². The maximum absolute atomic E-state index is 13.7. The van der Waals surface area contributed by atoms with Gasteiger partial charge in [0.15, 0.2) is 0 Å². The molecule has 1 aliphatic rings. The summed E-state index contributed by atoms with van der Waals surface area (Å²) in [5, 5.41) is 9.70. The van der Waals surface area contributed by atoms with Crippen molar-refractivity contribution in [2.45, 2.75) is 32.1 Å². The molecule has 1 aromatic heterocycles. The Hall–Kier alpha value is -3.89. The molecule has 0 saturated carbocycles. The summed E-state index contributed by atoms with van der Waals surface area (Å²) < 4.78 is 10.6. The fraction of sp³-hybridized carbons (Fsp3) is 0.458. The molecule has 1 saturated heterocycles. The Morgan fingerprint density at radius 3 is 2.37 bits per heavy atom. The molecule has 3 rings (SSSR count). The van der Waals surface area contributed by atoms with E-state index in [-0.39, 0.29) is 61.9 Å². The zero-order valence-corrected chi connectivity index (χ0v) is 19.9. The number of carbonyl (C=O) groups excluding carboxylic acids is 3. The summed E-state index contributed by atoms with van der Waals surface area (Å²) in [7, 11) is 1.41. The first kappa shape index (κ1) is 25.7. The minimum Gasteiger partial charge on any atom is -0.495 e. The van der Waals surface area contributed by atoms with E-state index in [4.69, 9.17) is 20.3 Å². The summed E-state index contributed by atoms with van der Waals surface area (Å²) >= 11 is 0. The molecule has 0 aliphatic carbocycles. The van der Waals surface area contributed by atoms with Crippen LogP contribution in [0.25, 0.3) is 10.9 Å². The van der Waals surface area contributed by atoms with Gasteiger partial charge in [0.1, 0.15) is 11.3 Å². The highest BCUT2D eigenvalue weighted by atomic mass is 16.6. The van der Waals surface area contributed by atoms with Gasteiger partial charge < -0.3 is 30.1 Å². The minimum absolute atomic E-state index is 0.00466. The first-order valence-corrected chi connectivity index (χ1v) is 11.5. The predicted octanol–water partition coefficient (Wildman–Crippen LogP) is 1.98. The van der Waals surface area contributed by atoms with E-state index in [1.807, 2.05) is 0 Å². The summed E-state index contributed by atoms with van der Waals surface area (Å²) in [5.41, 5.74) is 6.41. The van der Waals surface area contributed by atoms with Crippen molar-refractivity contribution in [3.8, 4) is 5.75 Å². The molecule has 188 valence electrons. The van der Waals surface area contributed by atoms with Crippen molar-refractivity contribution in [1.29, 1.82) is 0 Å². The molecule has 0 radical (unpaired) electrons. The first-order valence-electron chi connectivity index (χ1n) is 11.5. The second kappa shape index (κ2) is 11.5. The van der Waals surface area contributed by atoms with Crippen LogP contribution in [0, 0.1) is 0 Å². The number of ether oxygens (including phenoxy) is 2. The highest BCUT2D eigenvalue weighted by Crippen LogP contribution is 2.36. The lowest BCUT2D eigenvalue weighted by Crippen LogP contribution is -2.52. The standard InChI is InChI=1S/C24H30N4O7/c1-3-35-24(33)28-13-11-27(12-14-28)23(32)16(8-6-10-18(29)30)20-19(22(25)31)21(34-2)15-7-4-5-9-17(15)26-20/h4-5,7,9,16H,3,6,8,10-14H2,1-2H3,(H2,25,31)(H,29,30). The number of amides is 3. The monoisotopic (exact) mass is 486 g/mol. The second-order valence-corrected chi connectivity index (χ2v) is 8.14. The van der Waals surface area contributed by atoms with Crippen molar-refractivity contribution < 1.29 is 33.8 Å². The number of rotatable bonds is 9. The van der Waals surface area contributed by atoms with Crippen molar-refractivity contribution in [1.82, 2.24) is 14.8 Å². The van der Waals surface area contributed by atoms with Crippen LogP contribution in [0.4, 0.5) is 4.79 Å². The number of aromatic nitrogens is 1. The minimum atomic E-state index is -0.988. The van der Waals surface area contributed by atoms with Crippen molar-refractivity contribution in [3.05, 3.63) is 35.5 Å². The van der Waals surface area contributed by atoms with Gasteiger partial charge in [-0.05, 0) is 31.9 Å². The summed E-state index contributed by atoms with van der Waals surface area (Å²) in [5.74, 6) is -2.78. The van der Waals surface area contributed by atoms with Gasteiger partial charge in [0.05, 0.1) is 30.8 Å².